The quantitative estimate of drug-likeness (QED) is 0.850. The average Bonchev–Trinajstić information content (AvgIpc) is 2.88. The lowest BCUT2D eigenvalue weighted by Gasteiger charge is -2.17. The molecule has 1 heterocycles. The molecule has 0 aliphatic rings. The zero-order valence-corrected chi connectivity index (χ0v) is 10.7. The Morgan fingerprint density at radius 1 is 1.11 bits per heavy atom. The van der Waals surface area contributed by atoms with Crippen LogP contribution >= 0.6 is 0 Å². The van der Waals surface area contributed by atoms with Gasteiger partial charge in [-0.25, -0.2) is 0 Å². The van der Waals surface area contributed by atoms with Gasteiger partial charge in [0.1, 0.15) is 11.5 Å². The van der Waals surface area contributed by atoms with E-state index in [4.69, 9.17) is 9.52 Å². The van der Waals surface area contributed by atoms with Gasteiger partial charge in [-0.05, 0) is 18.7 Å². The van der Waals surface area contributed by atoms with Gasteiger partial charge in [-0.1, -0.05) is 37.3 Å². The highest BCUT2D eigenvalue weighted by Crippen LogP contribution is 2.22. The third-order valence-electron chi connectivity index (χ3n) is 2.96. The predicted molar refractivity (Wildman–Crippen MR) is 72.2 cm³/mol. The summed E-state index contributed by atoms with van der Waals surface area (Å²) in [6.45, 7) is 4.58. The first kappa shape index (κ1) is 12.9. The highest BCUT2D eigenvalue weighted by Gasteiger charge is 2.08. The van der Waals surface area contributed by atoms with Crippen molar-refractivity contribution in [3.05, 3.63) is 48.2 Å². The molecular formula is C15H19NO2. The summed E-state index contributed by atoms with van der Waals surface area (Å²) in [7, 11) is 0. The van der Waals surface area contributed by atoms with E-state index in [0.29, 0.717) is 6.54 Å². The lowest BCUT2D eigenvalue weighted by Crippen LogP contribution is -2.25. The fourth-order valence-electron chi connectivity index (χ4n) is 1.93. The summed E-state index contributed by atoms with van der Waals surface area (Å²) in [4.78, 5) is 2.15. The highest BCUT2D eigenvalue weighted by molar-refractivity contribution is 5.57. The van der Waals surface area contributed by atoms with Crippen LogP contribution in [0.4, 0.5) is 0 Å². The van der Waals surface area contributed by atoms with Crippen molar-refractivity contribution in [3.63, 3.8) is 0 Å². The molecule has 2 aromatic rings. The summed E-state index contributed by atoms with van der Waals surface area (Å²) >= 11 is 0. The summed E-state index contributed by atoms with van der Waals surface area (Å²) in [5.74, 6) is 1.83. The number of hydrogen-bond acceptors (Lipinski definition) is 3. The minimum absolute atomic E-state index is 0.181. The molecule has 0 saturated carbocycles. The minimum Gasteiger partial charge on any atom is -0.460 e. The molecule has 0 radical (unpaired) electrons. The number of aliphatic hydroxyl groups is 1. The van der Waals surface area contributed by atoms with Crippen LogP contribution in [0.2, 0.25) is 0 Å². The molecule has 3 heteroatoms. The maximum Gasteiger partial charge on any atom is 0.134 e. The lowest BCUT2D eigenvalue weighted by molar-refractivity contribution is 0.188. The standard InChI is InChI=1S/C15H19NO2/c1-2-16(10-11-17)12-14-8-9-15(18-14)13-6-4-3-5-7-13/h3-9,17H,2,10-12H2,1H3. The Morgan fingerprint density at radius 3 is 2.56 bits per heavy atom. The second kappa shape index (κ2) is 6.38. The van der Waals surface area contributed by atoms with Gasteiger partial charge in [0.15, 0.2) is 0 Å². The normalized spacial score (nSPS) is 11.1. The lowest BCUT2D eigenvalue weighted by atomic mass is 10.2. The number of benzene rings is 1. The maximum absolute atomic E-state index is 8.96. The number of hydrogen-bond donors (Lipinski definition) is 1. The summed E-state index contributed by atoms with van der Waals surface area (Å²) in [6.07, 6.45) is 0. The van der Waals surface area contributed by atoms with Crippen molar-refractivity contribution in [3.8, 4) is 11.3 Å². The molecule has 0 unspecified atom stereocenters. The molecule has 0 aliphatic heterocycles. The monoisotopic (exact) mass is 245 g/mol. The van der Waals surface area contributed by atoms with Crippen LogP contribution in [0, 0.1) is 0 Å². The van der Waals surface area contributed by atoms with Crippen LogP contribution in [0.3, 0.4) is 0 Å². The molecule has 18 heavy (non-hydrogen) atoms. The van der Waals surface area contributed by atoms with E-state index >= 15 is 0 Å². The third kappa shape index (κ3) is 3.22. The van der Waals surface area contributed by atoms with Crippen molar-refractivity contribution in [2.75, 3.05) is 19.7 Å². The molecule has 1 aromatic carbocycles. The summed E-state index contributed by atoms with van der Waals surface area (Å²) in [5, 5.41) is 8.96. The number of furan rings is 1. The largest absolute Gasteiger partial charge is 0.460 e. The smallest absolute Gasteiger partial charge is 0.134 e. The first-order valence-corrected chi connectivity index (χ1v) is 6.31. The van der Waals surface area contributed by atoms with Gasteiger partial charge in [-0.3, -0.25) is 4.90 Å². The van der Waals surface area contributed by atoms with Crippen LogP contribution in [0.25, 0.3) is 11.3 Å². The maximum atomic E-state index is 8.96. The molecule has 2 rings (SSSR count). The van der Waals surface area contributed by atoms with Crippen molar-refractivity contribution in [1.29, 1.82) is 0 Å². The second-order valence-electron chi connectivity index (χ2n) is 4.22. The summed E-state index contributed by atoms with van der Waals surface area (Å²) < 4.78 is 5.83. The summed E-state index contributed by atoms with van der Waals surface area (Å²) in [5.41, 5.74) is 1.09. The van der Waals surface area contributed by atoms with Crippen LogP contribution in [-0.4, -0.2) is 29.7 Å². The molecule has 0 fully saturated rings. The predicted octanol–water partition coefficient (Wildman–Crippen LogP) is 2.76. The zero-order valence-electron chi connectivity index (χ0n) is 10.7. The Bertz CT molecular complexity index is 464. The van der Waals surface area contributed by atoms with Gasteiger partial charge >= 0.3 is 0 Å². The van der Waals surface area contributed by atoms with Crippen molar-refractivity contribution < 1.29 is 9.52 Å². The van der Waals surface area contributed by atoms with Crippen molar-refractivity contribution >= 4 is 0 Å². The first-order valence-electron chi connectivity index (χ1n) is 6.31. The van der Waals surface area contributed by atoms with Crippen molar-refractivity contribution in [2.24, 2.45) is 0 Å². The van der Waals surface area contributed by atoms with E-state index < -0.39 is 0 Å². The van der Waals surface area contributed by atoms with E-state index in [9.17, 15) is 0 Å². The highest BCUT2D eigenvalue weighted by atomic mass is 16.3. The SMILES string of the molecule is CCN(CCO)Cc1ccc(-c2ccccc2)o1. The van der Waals surface area contributed by atoms with E-state index in [-0.39, 0.29) is 6.61 Å². The molecule has 0 aliphatic carbocycles. The Balaban J connectivity index is 2.06. The average molecular weight is 245 g/mol. The zero-order chi connectivity index (χ0) is 12.8. The molecule has 0 atom stereocenters. The Hall–Kier alpha value is -1.58. The molecule has 1 aromatic heterocycles. The first-order chi connectivity index (χ1) is 8.83. The van der Waals surface area contributed by atoms with Crippen LogP contribution in [-0.2, 0) is 6.54 Å². The Kier molecular flexibility index (Phi) is 4.56. The number of rotatable bonds is 6. The molecule has 0 amide bonds. The van der Waals surface area contributed by atoms with Crippen LogP contribution < -0.4 is 0 Å². The van der Waals surface area contributed by atoms with Gasteiger partial charge in [0.2, 0.25) is 0 Å². The molecule has 0 saturated heterocycles. The van der Waals surface area contributed by atoms with E-state index in [1.54, 1.807) is 0 Å². The fourth-order valence-corrected chi connectivity index (χ4v) is 1.93. The van der Waals surface area contributed by atoms with E-state index in [2.05, 4.69) is 11.8 Å². The van der Waals surface area contributed by atoms with E-state index in [1.807, 2.05) is 42.5 Å². The molecular weight excluding hydrogens is 226 g/mol. The number of nitrogens with zero attached hydrogens (tertiary/aromatic N) is 1. The molecule has 0 spiro atoms. The minimum atomic E-state index is 0.181. The van der Waals surface area contributed by atoms with Gasteiger partial charge in [0, 0.05) is 12.1 Å². The Morgan fingerprint density at radius 2 is 1.89 bits per heavy atom. The second-order valence-corrected chi connectivity index (χ2v) is 4.22. The van der Waals surface area contributed by atoms with Crippen LogP contribution in [0.15, 0.2) is 46.9 Å². The fraction of sp³-hybridized carbons (Fsp3) is 0.333. The molecule has 96 valence electrons. The van der Waals surface area contributed by atoms with Gasteiger partial charge in [0.05, 0.1) is 13.2 Å². The number of aliphatic hydroxyl groups excluding tert-OH is 1. The van der Waals surface area contributed by atoms with Gasteiger partial charge in [0.25, 0.3) is 0 Å². The van der Waals surface area contributed by atoms with E-state index in [1.165, 1.54) is 0 Å². The topological polar surface area (TPSA) is 36.6 Å². The van der Waals surface area contributed by atoms with Gasteiger partial charge in [-0.15, -0.1) is 0 Å². The molecule has 0 bridgehead atoms. The van der Waals surface area contributed by atoms with Crippen LogP contribution in [0.5, 0.6) is 0 Å². The third-order valence-corrected chi connectivity index (χ3v) is 2.96. The molecule has 3 nitrogen and oxygen atoms in total. The Labute approximate surface area is 108 Å². The van der Waals surface area contributed by atoms with Gasteiger partial charge < -0.3 is 9.52 Å². The molecule has 1 N–H and O–H groups in total. The van der Waals surface area contributed by atoms with E-state index in [0.717, 1.165) is 30.2 Å². The van der Waals surface area contributed by atoms with Gasteiger partial charge in [-0.2, -0.15) is 0 Å². The van der Waals surface area contributed by atoms with Crippen LogP contribution in [0.1, 0.15) is 12.7 Å². The summed E-state index contributed by atoms with van der Waals surface area (Å²) in [6, 6.07) is 14.1. The number of likely N-dealkylation sites (N-methyl/N-ethyl adjacent to an activating group) is 1. The van der Waals surface area contributed by atoms with Crippen molar-refractivity contribution in [1.82, 2.24) is 4.90 Å². The van der Waals surface area contributed by atoms with Crippen molar-refractivity contribution in [2.45, 2.75) is 13.5 Å².